The van der Waals surface area contributed by atoms with Crippen LogP contribution in [0.2, 0.25) is 0 Å². The Morgan fingerprint density at radius 1 is 1.07 bits per heavy atom. The van der Waals surface area contributed by atoms with Crippen molar-refractivity contribution in [3.63, 3.8) is 0 Å². The monoisotopic (exact) mass is 386 g/mol. The van der Waals surface area contributed by atoms with Crippen molar-refractivity contribution in [3.05, 3.63) is 102 Å². The summed E-state index contributed by atoms with van der Waals surface area (Å²) in [5.41, 5.74) is 3.34. The van der Waals surface area contributed by atoms with Crippen LogP contribution in [-0.4, -0.2) is 32.6 Å². The van der Waals surface area contributed by atoms with Crippen molar-refractivity contribution in [2.45, 2.75) is 6.54 Å². The fourth-order valence-electron chi connectivity index (χ4n) is 3.15. The molecule has 5 nitrogen and oxygen atoms in total. The number of nitrogens with zero attached hydrogens (tertiary/aromatic N) is 4. The van der Waals surface area contributed by atoms with Gasteiger partial charge in [-0.1, -0.05) is 30.3 Å². The highest BCUT2D eigenvalue weighted by Gasteiger charge is 2.22. The molecule has 4 aromatic rings. The van der Waals surface area contributed by atoms with E-state index in [0.29, 0.717) is 17.8 Å². The van der Waals surface area contributed by atoms with Crippen molar-refractivity contribution in [3.8, 4) is 16.9 Å². The molecule has 0 saturated carbocycles. The lowest BCUT2D eigenvalue weighted by Gasteiger charge is -2.17. The number of para-hydroxylation sites is 1. The topological polar surface area (TPSA) is 51.0 Å². The molecule has 0 aliphatic carbocycles. The zero-order valence-electron chi connectivity index (χ0n) is 15.9. The van der Waals surface area contributed by atoms with Crippen LogP contribution in [0, 0.1) is 5.82 Å². The molecule has 0 atom stereocenters. The largest absolute Gasteiger partial charge is 0.337 e. The Morgan fingerprint density at radius 3 is 2.62 bits per heavy atom. The van der Waals surface area contributed by atoms with Gasteiger partial charge in [0.2, 0.25) is 0 Å². The van der Waals surface area contributed by atoms with Gasteiger partial charge in [0.15, 0.2) is 0 Å². The molecule has 6 heteroatoms. The molecule has 0 spiro atoms. The number of aromatic nitrogens is 3. The van der Waals surface area contributed by atoms with Gasteiger partial charge in [-0.25, -0.2) is 9.07 Å². The van der Waals surface area contributed by atoms with E-state index in [0.717, 1.165) is 16.8 Å². The molecule has 0 radical (unpaired) electrons. The lowest BCUT2D eigenvalue weighted by atomic mass is 10.1. The third-order valence-electron chi connectivity index (χ3n) is 4.56. The van der Waals surface area contributed by atoms with Crippen molar-refractivity contribution in [2.75, 3.05) is 7.05 Å². The summed E-state index contributed by atoms with van der Waals surface area (Å²) in [5, 5.41) is 4.64. The summed E-state index contributed by atoms with van der Waals surface area (Å²) in [7, 11) is 1.69. The number of hydrogen-bond donors (Lipinski definition) is 0. The van der Waals surface area contributed by atoms with Crippen molar-refractivity contribution < 1.29 is 9.18 Å². The van der Waals surface area contributed by atoms with Gasteiger partial charge in [-0.05, 0) is 42.0 Å². The fourth-order valence-corrected chi connectivity index (χ4v) is 3.15. The summed E-state index contributed by atoms with van der Waals surface area (Å²) in [4.78, 5) is 18.9. The molecule has 0 unspecified atom stereocenters. The summed E-state index contributed by atoms with van der Waals surface area (Å²) in [6.45, 7) is 0.291. The normalized spacial score (nSPS) is 10.7. The highest BCUT2D eigenvalue weighted by molar-refractivity contribution is 5.99. The van der Waals surface area contributed by atoms with E-state index in [-0.39, 0.29) is 11.7 Å². The summed E-state index contributed by atoms with van der Waals surface area (Å²) in [5.74, 6) is -0.522. The molecule has 2 heterocycles. The number of carbonyl (C=O) groups is 1. The number of halogens is 1. The SMILES string of the molecule is CN(Cc1cccc(F)c1)C(=O)c1cn(-c2ccccc2)nc1-c1cccnc1. The summed E-state index contributed by atoms with van der Waals surface area (Å²) < 4.78 is 15.2. The van der Waals surface area contributed by atoms with Crippen LogP contribution in [0.25, 0.3) is 16.9 Å². The van der Waals surface area contributed by atoms with Crippen LogP contribution in [0.4, 0.5) is 4.39 Å². The first-order chi connectivity index (χ1) is 14.1. The zero-order valence-corrected chi connectivity index (χ0v) is 15.9. The maximum absolute atomic E-state index is 13.5. The minimum atomic E-state index is -0.323. The van der Waals surface area contributed by atoms with Crippen molar-refractivity contribution in [2.24, 2.45) is 0 Å². The molecule has 0 N–H and O–H groups in total. The number of benzene rings is 2. The van der Waals surface area contributed by atoms with E-state index in [1.807, 2.05) is 42.5 Å². The number of carbonyl (C=O) groups excluding carboxylic acids is 1. The van der Waals surface area contributed by atoms with Gasteiger partial charge in [0.25, 0.3) is 5.91 Å². The zero-order chi connectivity index (χ0) is 20.2. The minimum absolute atomic E-state index is 0.199. The molecule has 0 fully saturated rings. The second-order valence-corrected chi connectivity index (χ2v) is 6.70. The molecule has 1 amide bonds. The van der Waals surface area contributed by atoms with E-state index in [4.69, 9.17) is 0 Å². The Hall–Kier alpha value is -3.80. The second kappa shape index (κ2) is 8.06. The molecule has 0 aliphatic rings. The first-order valence-corrected chi connectivity index (χ1v) is 9.17. The van der Waals surface area contributed by atoms with E-state index >= 15 is 0 Å². The average Bonchev–Trinajstić information content (AvgIpc) is 3.20. The van der Waals surface area contributed by atoms with Crippen molar-refractivity contribution in [1.29, 1.82) is 0 Å². The van der Waals surface area contributed by atoms with Gasteiger partial charge < -0.3 is 4.90 Å². The molecule has 0 aliphatic heterocycles. The average molecular weight is 386 g/mol. The van der Waals surface area contributed by atoms with Gasteiger partial charge in [-0.2, -0.15) is 5.10 Å². The molecule has 0 bridgehead atoms. The molecule has 0 saturated heterocycles. The van der Waals surface area contributed by atoms with Crippen LogP contribution >= 0.6 is 0 Å². The maximum Gasteiger partial charge on any atom is 0.257 e. The van der Waals surface area contributed by atoms with Gasteiger partial charge in [-0.15, -0.1) is 0 Å². The minimum Gasteiger partial charge on any atom is -0.337 e. The third kappa shape index (κ3) is 4.06. The van der Waals surface area contributed by atoms with Crippen LogP contribution < -0.4 is 0 Å². The fraction of sp³-hybridized carbons (Fsp3) is 0.0870. The molecule has 2 aromatic carbocycles. The molecular formula is C23H19FN4O. The van der Waals surface area contributed by atoms with E-state index in [1.54, 1.807) is 47.4 Å². The highest BCUT2D eigenvalue weighted by Crippen LogP contribution is 2.24. The van der Waals surface area contributed by atoms with E-state index in [9.17, 15) is 9.18 Å². The molecule has 29 heavy (non-hydrogen) atoms. The van der Waals surface area contributed by atoms with Crippen LogP contribution in [0.1, 0.15) is 15.9 Å². The summed E-state index contributed by atoms with van der Waals surface area (Å²) in [6.07, 6.45) is 5.08. The third-order valence-corrected chi connectivity index (χ3v) is 4.56. The Kier molecular flexibility index (Phi) is 5.16. The van der Waals surface area contributed by atoms with Gasteiger partial charge in [0.1, 0.15) is 11.5 Å². The standard InChI is InChI=1S/C23H19FN4O/c1-27(15-17-7-5-9-19(24)13-17)23(29)21-16-28(20-10-3-2-4-11-20)26-22(21)18-8-6-12-25-14-18/h2-14,16H,15H2,1H3. The van der Waals surface area contributed by atoms with Crippen molar-refractivity contribution in [1.82, 2.24) is 19.7 Å². The summed E-state index contributed by atoms with van der Waals surface area (Å²) in [6, 6.07) is 19.5. The van der Waals surface area contributed by atoms with E-state index in [2.05, 4.69) is 10.1 Å². The van der Waals surface area contributed by atoms with Gasteiger partial charge >= 0.3 is 0 Å². The Labute approximate surface area is 168 Å². The van der Waals surface area contributed by atoms with Gasteiger partial charge in [0, 0.05) is 37.7 Å². The Balaban J connectivity index is 1.71. The van der Waals surface area contributed by atoms with Gasteiger partial charge in [0.05, 0.1) is 11.3 Å². The molecular weight excluding hydrogens is 367 g/mol. The highest BCUT2D eigenvalue weighted by atomic mass is 19.1. The second-order valence-electron chi connectivity index (χ2n) is 6.70. The maximum atomic E-state index is 13.5. The lowest BCUT2D eigenvalue weighted by molar-refractivity contribution is 0.0785. The predicted molar refractivity (Wildman–Crippen MR) is 109 cm³/mol. The number of amides is 1. The van der Waals surface area contributed by atoms with E-state index < -0.39 is 0 Å². The Morgan fingerprint density at radius 2 is 1.90 bits per heavy atom. The number of hydrogen-bond acceptors (Lipinski definition) is 3. The summed E-state index contributed by atoms with van der Waals surface area (Å²) >= 11 is 0. The number of pyridine rings is 1. The molecule has 144 valence electrons. The van der Waals surface area contributed by atoms with Gasteiger partial charge in [-0.3, -0.25) is 9.78 Å². The molecule has 4 rings (SSSR count). The quantitative estimate of drug-likeness (QED) is 0.513. The smallest absolute Gasteiger partial charge is 0.257 e. The van der Waals surface area contributed by atoms with Crippen molar-refractivity contribution >= 4 is 5.91 Å². The molecule has 2 aromatic heterocycles. The van der Waals surface area contributed by atoms with Crippen LogP contribution in [0.15, 0.2) is 85.3 Å². The first kappa shape index (κ1) is 18.6. The Bertz CT molecular complexity index is 1130. The lowest BCUT2D eigenvalue weighted by Crippen LogP contribution is -2.26. The van der Waals surface area contributed by atoms with Crippen LogP contribution in [-0.2, 0) is 6.54 Å². The van der Waals surface area contributed by atoms with E-state index in [1.165, 1.54) is 12.1 Å². The van der Waals surface area contributed by atoms with Crippen LogP contribution in [0.3, 0.4) is 0 Å². The first-order valence-electron chi connectivity index (χ1n) is 9.17. The van der Waals surface area contributed by atoms with Crippen LogP contribution in [0.5, 0.6) is 0 Å². The number of rotatable bonds is 5. The predicted octanol–water partition coefficient (Wildman–Crippen LogP) is 4.35.